The SMILES string of the molecule is COc1cc(I)c(C(=O)Nc2cnn(CC(N)=O)c2)cc1OC. The standard InChI is InChI=1S/C14H15IN4O4/c1-22-11-3-9(10(15)4-12(11)23-2)14(21)18-8-5-17-19(6-8)7-13(16)20/h3-6H,7H2,1-2H3,(H2,16,20)(H,18,21). The maximum Gasteiger partial charge on any atom is 0.256 e. The first-order chi connectivity index (χ1) is 10.9. The van der Waals surface area contributed by atoms with Crippen molar-refractivity contribution in [2.75, 3.05) is 19.5 Å². The van der Waals surface area contributed by atoms with E-state index in [0.717, 1.165) is 0 Å². The third-order valence-electron chi connectivity index (χ3n) is 2.93. The van der Waals surface area contributed by atoms with Crippen LogP contribution in [0, 0.1) is 3.57 Å². The number of carbonyl (C=O) groups is 2. The van der Waals surface area contributed by atoms with Crippen LogP contribution in [0.15, 0.2) is 24.5 Å². The number of nitrogens with two attached hydrogens (primary N) is 1. The van der Waals surface area contributed by atoms with Crippen molar-refractivity contribution in [3.8, 4) is 11.5 Å². The average Bonchev–Trinajstić information content (AvgIpc) is 2.92. The van der Waals surface area contributed by atoms with Crippen molar-refractivity contribution in [2.45, 2.75) is 6.54 Å². The van der Waals surface area contributed by atoms with Crippen LogP contribution in [-0.4, -0.2) is 35.8 Å². The molecule has 1 heterocycles. The van der Waals surface area contributed by atoms with Gasteiger partial charge < -0.3 is 20.5 Å². The fraction of sp³-hybridized carbons (Fsp3) is 0.214. The van der Waals surface area contributed by atoms with E-state index in [1.807, 2.05) is 22.6 Å². The Balaban J connectivity index is 2.20. The summed E-state index contributed by atoms with van der Waals surface area (Å²) < 4.78 is 12.5. The van der Waals surface area contributed by atoms with E-state index >= 15 is 0 Å². The Kier molecular flexibility index (Phi) is 5.42. The normalized spacial score (nSPS) is 10.2. The number of amides is 2. The molecule has 9 heteroatoms. The van der Waals surface area contributed by atoms with Crippen molar-refractivity contribution in [3.05, 3.63) is 33.7 Å². The lowest BCUT2D eigenvalue weighted by Crippen LogP contribution is -2.18. The Morgan fingerprint density at radius 2 is 1.96 bits per heavy atom. The zero-order valence-corrected chi connectivity index (χ0v) is 14.7. The Labute approximate surface area is 146 Å². The molecule has 0 spiro atoms. The first kappa shape index (κ1) is 17.1. The molecule has 1 aromatic heterocycles. The van der Waals surface area contributed by atoms with E-state index in [4.69, 9.17) is 15.2 Å². The van der Waals surface area contributed by atoms with Gasteiger partial charge in [-0.2, -0.15) is 5.10 Å². The van der Waals surface area contributed by atoms with Gasteiger partial charge in [0.2, 0.25) is 5.91 Å². The van der Waals surface area contributed by atoms with Gasteiger partial charge in [0, 0.05) is 9.77 Å². The highest BCUT2D eigenvalue weighted by Gasteiger charge is 2.16. The van der Waals surface area contributed by atoms with Crippen LogP contribution in [0.1, 0.15) is 10.4 Å². The van der Waals surface area contributed by atoms with Gasteiger partial charge in [-0.15, -0.1) is 0 Å². The maximum atomic E-state index is 12.4. The van der Waals surface area contributed by atoms with Crippen molar-refractivity contribution >= 4 is 40.1 Å². The lowest BCUT2D eigenvalue weighted by Gasteiger charge is -2.11. The molecular weight excluding hydrogens is 415 g/mol. The fourth-order valence-electron chi connectivity index (χ4n) is 1.90. The summed E-state index contributed by atoms with van der Waals surface area (Å²) in [5.74, 6) is 0.166. The van der Waals surface area contributed by atoms with Crippen LogP contribution < -0.4 is 20.5 Å². The van der Waals surface area contributed by atoms with E-state index in [-0.39, 0.29) is 12.5 Å². The molecule has 0 saturated heterocycles. The molecule has 0 bridgehead atoms. The quantitative estimate of drug-likeness (QED) is 0.671. The van der Waals surface area contributed by atoms with Crippen molar-refractivity contribution < 1.29 is 19.1 Å². The summed E-state index contributed by atoms with van der Waals surface area (Å²) in [6.07, 6.45) is 2.96. The van der Waals surface area contributed by atoms with E-state index < -0.39 is 5.91 Å². The van der Waals surface area contributed by atoms with Gasteiger partial charge in [-0.1, -0.05) is 0 Å². The predicted octanol–water partition coefficient (Wildman–Crippen LogP) is 1.24. The second-order valence-electron chi connectivity index (χ2n) is 4.53. The second-order valence-corrected chi connectivity index (χ2v) is 5.70. The van der Waals surface area contributed by atoms with E-state index in [0.29, 0.717) is 26.3 Å². The lowest BCUT2D eigenvalue weighted by atomic mass is 10.2. The van der Waals surface area contributed by atoms with Crippen molar-refractivity contribution in [2.24, 2.45) is 5.73 Å². The molecule has 1 aromatic carbocycles. The monoisotopic (exact) mass is 430 g/mol. The number of primary amides is 1. The zero-order chi connectivity index (χ0) is 17.0. The number of aromatic nitrogens is 2. The molecule has 8 nitrogen and oxygen atoms in total. The van der Waals surface area contributed by atoms with Crippen LogP contribution in [0.4, 0.5) is 5.69 Å². The Morgan fingerprint density at radius 3 is 2.57 bits per heavy atom. The first-order valence-electron chi connectivity index (χ1n) is 6.48. The van der Waals surface area contributed by atoms with Gasteiger partial charge in [0.15, 0.2) is 11.5 Å². The lowest BCUT2D eigenvalue weighted by molar-refractivity contribution is -0.118. The molecule has 2 amide bonds. The summed E-state index contributed by atoms with van der Waals surface area (Å²) in [5, 5.41) is 6.65. The number of nitrogens with one attached hydrogen (secondary N) is 1. The number of anilines is 1. The molecule has 0 unspecified atom stereocenters. The highest BCUT2D eigenvalue weighted by molar-refractivity contribution is 14.1. The van der Waals surface area contributed by atoms with Gasteiger partial charge in [0.25, 0.3) is 5.91 Å². The number of halogens is 1. The zero-order valence-electron chi connectivity index (χ0n) is 12.5. The van der Waals surface area contributed by atoms with Crippen molar-refractivity contribution in [1.82, 2.24) is 9.78 Å². The van der Waals surface area contributed by atoms with Crippen molar-refractivity contribution in [3.63, 3.8) is 0 Å². The van der Waals surface area contributed by atoms with Crippen LogP contribution in [0.5, 0.6) is 11.5 Å². The molecule has 2 aromatic rings. The number of nitrogens with zero attached hydrogens (tertiary/aromatic N) is 2. The molecule has 3 N–H and O–H groups in total. The molecule has 23 heavy (non-hydrogen) atoms. The molecule has 0 aliphatic rings. The van der Waals surface area contributed by atoms with E-state index in [1.165, 1.54) is 31.3 Å². The van der Waals surface area contributed by atoms with Gasteiger partial charge >= 0.3 is 0 Å². The maximum absolute atomic E-state index is 12.4. The van der Waals surface area contributed by atoms with Crippen LogP contribution in [0.3, 0.4) is 0 Å². The first-order valence-corrected chi connectivity index (χ1v) is 7.56. The topological polar surface area (TPSA) is 108 Å². The molecule has 0 aliphatic heterocycles. The van der Waals surface area contributed by atoms with Gasteiger partial charge in [-0.05, 0) is 34.7 Å². The Hall–Kier alpha value is -2.30. The minimum Gasteiger partial charge on any atom is -0.493 e. The number of hydrogen-bond acceptors (Lipinski definition) is 5. The number of benzene rings is 1. The van der Waals surface area contributed by atoms with Crippen LogP contribution in [0.2, 0.25) is 0 Å². The third-order valence-corrected chi connectivity index (χ3v) is 3.82. The largest absolute Gasteiger partial charge is 0.493 e. The number of methoxy groups -OCH3 is 2. The summed E-state index contributed by atoms with van der Waals surface area (Å²) >= 11 is 2.04. The summed E-state index contributed by atoms with van der Waals surface area (Å²) in [7, 11) is 3.03. The van der Waals surface area contributed by atoms with Gasteiger partial charge in [0.1, 0.15) is 6.54 Å². The number of ether oxygens (including phenoxy) is 2. The molecule has 0 saturated carbocycles. The minimum absolute atomic E-state index is 0.0518. The Morgan fingerprint density at radius 1 is 1.30 bits per heavy atom. The molecule has 0 atom stereocenters. The summed E-state index contributed by atoms with van der Waals surface area (Å²) in [6, 6.07) is 3.31. The Bertz CT molecular complexity index is 744. The number of carbonyl (C=O) groups excluding carboxylic acids is 2. The molecule has 0 aliphatic carbocycles. The van der Waals surface area contributed by atoms with E-state index in [1.54, 1.807) is 12.1 Å². The predicted molar refractivity (Wildman–Crippen MR) is 91.6 cm³/mol. The van der Waals surface area contributed by atoms with Crippen LogP contribution >= 0.6 is 22.6 Å². The second kappa shape index (κ2) is 7.31. The van der Waals surface area contributed by atoms with Crippen LogP contribution in [0.25, 0.3) is 0 Å². The molecule has 2 rings (SSSR count). The number of rotatable bonds is 6. The van der Waals surface area contributed by atoms with Gasteiger partial charge in [-0.3, -0.25) is 14.3 Å². The molecule has 122 valence electrons. The van der Waals surface area contributed by atoms with Crippen LogP contribution in [-0.2, 0) is 11.3 Å². The summed E-state index contributed by atoms with van der Waals surface area (Å²) in [6.45, 7) is -0.0518. The molecule has 0 fully saturated rings. The van der Waals surface area contributed by atoms with E-state index in [9.17, 15) is 9.59 Å². The minimum atomic E-state index is -0.514. The third kappa shape index (κ3) is 4.12. The summed E-state index contributed by atoms with van der Waals surface area (Å²) in [4.78, 5) is 23.2. The average molecular weight is 430 g/mol. The van der Waals surface area contributed by atoms with Crippen molar-refractivity contribution in [1.29, 1.82) is 0 Å². The highest BCUT2D eigenvalue weighted by Crippen LogP contribution is 2.31. The number of hydrogen-bond donors (Lipinski definition) is 2. The smallest absolute Gasteiger partial charge is 0.256 e. The molecular formula is C14H15IN4O4. The highest BCUT2D eigenvalue weighted by atomic mass is 127. The summed E-state index contributed by atoms with van der Waals surface area (Å²) in [5.41, 5.74) is 5.99. The van der Waals surface area contributed by atoms with E-state index in [2.05, 4.69) is 10.4 Å². The molecule has 0 radical (unpaired) electrons. The van der Waals surface area contributed by atoms with Gasteiger partial charge in [-0.25, -0.2) is 0 Å². The fourth-order valence-corrected chi connectivity index (χ4v) is 2.58. The van der Waals surface area contributed by atoms with Gasteiger partial charge in [0.05, 0.1) is 31.7 Å².